The van der Waals surface area contributed by atoms with Crippen LogP contribution in [0.4, 0.5) is 5.69 Å². The van der Waals surface area contributed by atoms with Gasteiger partial charge in [0, 0.05) is 28.0 Å². The van der Waals surface area contributed by atoms with Crippen LogP contribution < -0.4 is 11.1 Å². The minimum absolute atomic E-state index is 0.309. The lowest BCUT2D eigenvalue weighted by atomic mass is 10.1. The number of anilines is 1. The first-order chi connectivity index (χ1) is 15.0. The molecule has 0 unspecified atom stereocenters. The summed E-state index contributed by atoms with van der Waals surface area (Å²) in [5, 5.41) is 8.11. The third-order valence-electron chi connectivity index (χ3n) is 4.74. The van der Waals surface area contributed by atoms with Crippen molar-refractivity contribution in [2.45, 2.75) is 6.54 Å². The van der Waals surface area contributed by atoms with Gasteiger partial charge in [-0.25, -0.2) is 0 Å². The number of primary amides is 1. The zero-order valence-corrected chi connectivity index (χ0v) is 17.2. The Morgan fingerprint density at radius 3 is 2.26 bits per heavy atom. The van der Waals surface area contributed by atoms with E-state index in [2.05, 4.69) is 10.4 Å². The highest BCUT2D eigenvalue weighted by Crippen LogP contribution is 2.25. The highest BCUT2D eigenvalue weighted by atomic mass is 35.5. The monoisotopic (exact) mass is 430 g/mol. The molecule has 0 bridgehead atoms. The van der Waals surface area contributed by atoms with Gasteiger partial charge in [-0.15, -0.1) is 0 Å². The van der Waals surface area contributed by atoms with Crippen LogP contribution in [0.15, 0.2) is 85.1 Å². The van der Waals surface area contributed by atoms with Crippen LogP contribution in [0.3, 0.4) is 0 Å². The number of carbonyl (C=O) groups is 2. The molecule has 2 amide bonds. The Morgan fingerprint density at radius 1 is 0.935 bits per heavy atom. The molecule has 4 aromatic rings. The first-order valence-corrected chi connectivity index (χ1v) is 9.96. The number of rotatable bonds is 6. The third-order valence-corrected chi connectivity index (χ3v) is 4.99. The topological polar surface area (TPSA) is 90.0 Å². The molecule has 0 atom stereocenters. The number of hydrogen-bond donors (Lipinski definition) is 2. The van der Waals surface area contributed by atoms with Crippen molar-refractivity contribution in [1.82, 2.24) is 9.78 Å². The largest absolute Gasteiger partial charge is 0.366 e. The number of carbonyl (C=O) groups excluding carboxylic acids is 2. The number of nitrogens with two attached hydrogens (primary N) is 1. The van der Waals surface area contributed by atoms with Crippen molar-refractivity contribution in [3.8, 4) is 11.3 Å². The number of benzene rings is 3. The fraction of sp³-hybridized carbons (Fsp3) is 0.0417. The third kappa shape index (κ3) is 4.82. The summed E-state index contributed by atoms with van der Waals surface area (Å²) in [6.07, 6.45) is 1.73. The quantitative estimate of drug-likeness (QED) is 0.468. The van der Waals surface area contributed by atoms with E-state index in [9.17, 15) is 9.59 Å². The molecule has 0 radical (unpaired) electrons. The summed E-state index contributed by atoms with van der Waals surface area (Å²) < 4.78 is 1.74. The normalized spacial score (nSPS) is 10.6. The first-order valence-electron chi connectivity index (χ1n) is 9.58. The van der Waals surface area contributed by atoms with Gasteiger partial charge in [0.05, 0.1) is 12.1 Å². The lowest BCUT2D eigenvalue weighted by Gasteiger charge is -2.06. The fourth-order valence-electron chi connectivity index (χ4n) is 3.18. The van der Waals surface area contributed by atoms with Gasteiger partial charge in [0.1, 0.15) is 5.69 Å². The minimum Gasteiger partial charge on any atom is -0.366 e. The summed E-state index contributed by atoms with van der Waals surface area (Å²) in [7, 11) is 0. The van der Waals surface area contributed by atoms with Crippen LogP contribution in [-0.2, 0) is 6.54 Å². The van der Waals surface area contributed by atoms with Crippen LogP contribution in [0.1, 0.15) is 26.3 Å². The lowest BCUT2D eigenvalue weighted by Crippen LogP contribution is -2.13. The second-order valence-electron chi connectivity index (χ2n) is 6.98. The molecule has 31 heavy (non-hydrogen) atoms. The zero-order valence-electron chi connectivity index (χ0n) is 16.5. The average Bonchev–Trinajstić information content (AvgIpc) is 3.19. The summed E-state index contributed by atoms with van der Waals surface area (Å²) in [6.45, 7) is 0.530. The molecule has 1 aromatic heterocycles. The molecule has 0 spiro atoms. The molecule has 6 nitrogen and oxygen atoms in total. The van der Waals surface area contributed by atoms with E-state index in [4.69, 9.17) is 17.3 Å². The van der Waals surface area contributed by atoms with E-state index in [1.165, 1.54) is 0 Å². The van der Waals surface area contributed by atoms with E-state index in [1.807, 2.05) is 42.5 Å². The van der Waals surface area contributed by atoms with Gasteiger partial charge in [0.15, 0.2) is 0 Å². The van der Waals surface area contributed by atoms with Crippen LogP contribution in [0.5, 0.6) is 0 Å². The molecule has 0 aliphatic heterocycles. The molecule has 0 aliphatic carbocycles. The Hall–Kier alpha value is -3.90. The Morgan fingerprint density at radius 2 is 1.61 bits per heavy atom. The SMILES string of the molecule is NC(=O)c1ccc(NC(=O)c2cn(Cc3ccccc3)nc2-c2ccc(Cl)cc2)cc1. The highest BCUT2D eigenvalue weighted by Gasteiger charge is 2.18. The van der Waals surface area contributed by atoms with Crippen LogP contribution in [0.25, 0.3) is 11.3 Å². The van der Waals surface area contributed by atoms with Gasteiger partial charge in [-0.05, 0) is 42.0 Å². The smallest absolute Gasteiger partial charge is 0.259 e. The molecule has 7 heteroatoms. The average molecular weight is 431 g/mol. The summed E-state index contributed by atoms with van der Waals surface area (Å²) in [5.74, 6) is -0.832. The Kier molecular flexibility index (Phi) is 5.82. The summed E-state index contributed by atoms with van der Waals surface area (Å²) in [6, 6.07) is 23.5. The number of nitrogens with one attached hydrogen (secondary N) is 1. The van der Waals surface area contributed by atoms with Gasteiger partial charge in [-0.3, -0.25) is 14.3 Å². The summed E-state index contributed by atoms with van der Waals surface area (Å²) in [4.78, 5) is 24.3. The molecule has 3 aromatic carbocycles. The van der Waals surface area contributed by atoms with Gasteiger partial charge < -0.3 is 11.1 Å². The second kappa shape index (κ2) is 8.85. The number of halogens is 1. The van der Waals surface area contributed by atoms with E-state index < -0.39 is 5.91 Å². The van der Waals surface area contributed by atoms with Crippen LogP contribution in [0.2, 0.25) is 5.02 Å². The van der Waals surface area contributed by atoms with Crippen molar-refractivity contribution in [3.05, 3.63) is 107 Å². The maximum Gasteiger partial charge on any atom is 0.259 e. The van der Waals surface area contributed by atoms with Crippen molar-refractivity contribution in [2.75, 3.05) is 5.32 Å². The van der Waals surface area contributed by atoms with E-state index in [0.717, 1.165) is 11.1 Å². The standard InChI is InChI=1S/C24H19ClN4O2/c25-19-10-6-17(7-11-19)22-21(15-29(28-22)14-16-4-2-1-3-5-16)24(31)27-20-12-8-18(9-13-20)23(26)30/h1-13,15H,14H2,(H2,26,30)(H,27,31). The number of nitrogens with zero attached hydrogens (tertiary/aromatic N) is 2. The van der Waals surface area contributed by atoms with Crippen molar-refractivity contribution in [1.29, 1.82) is 0 Å². The molecule has 0 fully saturated rings. The number of aromatic nitrogens is 2. The Bertz CT molecular complexity index is 1220. The second-order valence-corrected chi connectivity index (χ2v) is 7.41. The molecule has 3 N–H and O–H groups in total. The Balaban J connectivity index is 1.66. The summed E-state index contributed by atoms with van der Waals surface area (Å²) in [5.41, 5.74) is 9.03. The predicted molar refractivity (Wildman–Crippen MR) is 121 cm³/mol. The van der Waals surface area contributed by atoms with E-state index in [1.54, 1.807) is 47.3 Å². The van der Waals surface area contributed by atoms with E-state index >= 15 is 0 Å². The molecule has 154 valence electrons. The van der Waals surface area contributed by atoms with Gasteiger partial charge in [-0.1, -0.05) is 54.1 Å². The number of amides is 2. The van der Waals surface area contributed by atoms with Crippen LogP contribution in [0, 0.1) is 0 Å². The Labute approximate surface area is 184 Å². The molecule has 0 saturated carbocycles. The number of hydrogen-bond acceptors (Lipinski definition) is 3. The van der Waals surface area contributed by atoms with Crippen molar-refractivity contribution < 1.29 is 9.59 Å². The van der Waals surface area contributed by atoms with Gasteiger partial charge in [0.2, 0.25) is 5.91 Å². The predicted octanol–water partition coefficient (Wildman–Crippen LogP) is 4.60. The highest BCUT2D eigenvalue weighted by molar-refractivity contribution is 6.30. The van der Waals surface area contributed by atoms with E-state index in [-0.39, 0.29) is 5.91 Å². The molecule has 0 saturated heterocycles. The van der Waals surface area contributed by atoms with Gasteiger partial charge in [-0.2, -0.15) is 5.10 Å². The van der Waals surface area contributed by atoms with Gasteiger partial charge >= 0.3 is 0 Å². The zero-order chi connectivity index (χ0) is 21.8. The fourth-order valence-corrected chi connectivity index (χ4v) is 3.30. The molecule has 0 aliphatic rings. The molecular weight excluding hydrogens is 412 g/mol. The molecule has 4 rings (SSSR count). The molecular formula is C24H19ClN4O2. The van der Waals surface area contributed by atoms with Crippen molar-refractivity contribution in [3.63, 3.8) is 0 Å². The van der Waals surface area contributed by atoms with Crippen LogP contribution in [-0.4, -0.2) is 21.6 Å². The van der Waals surface area contributed by atoms with Crippen molar-refractivity contribution >= 4 is 29.1 Å². The maximum absolute atomic E-state index is 13.1. The van der Waals surface area contributed by atoms with Crippen molar-refractivity contribution in [2.24, 2.45) is 5.73 Å². The minimum atomic E-state index is -0.523. The maximum atomic E-state index is 13.1. The van der Waals surface area contributed by atoms with Crippen LogP contribution >= 0.6 is 11.6 Å². The lowest BCUT2D eigenvalue weighted by molar-refractivity contribution is 0.0998. The summed E-state index contributed by atoms with van der Waals surface area (Å²) >= 11 is 6.02. The molecule has 1 heterocycles. The van der Waals surface area contributed by atoms with E-state index in [0.29, 0.717) is 34.1 Å². The van der Waals surface area contributed by atoms with Gasteiger partial charge in [0.25, 0.3) is 5.91 Å². The first kappa shape index (κ1) is 20.4.